The van der Waals surface area contributed by atoms with Crippen LogP contribution >= 0.6 is 8.60 Å². The molecule has 0 bridgehead atoms. The van der Waals surface area contributed by atoms with Crippen molar-refractivity contribution < 1.29 is 37.4 Å². The molecular weight excluding hydrogens is 389 g/mol. The summed E-state index contributed by atoms with van der Waals surface area (Å²) in [5, 5.41) is 2.79. The Morgan fingerprint density at radius 2 is 1.79 bits per heavy atom. The van der Waals surface area contributed by atoms with E-state index in [0.29, 0.717) is 13.2 Å². The van der Waals surface area contributed by atoms with Gasteiger partial charge in [-0.25, -0.2) is 4.79 Å². The molecule has 1 aliphatic rings. The van der Waals surface area contributed by atoms with E-state index in [9.17, 15) is 9.59 Å². The van der Waals surface area contributed by atoms with Crippen LogP contribution in [0.4, 0.5) is 4.79 Å². The largest absolute Gasteiger partial charge is 0.463 e. The minimum atomic E-state index is -1.66. The fourth-order valence-electron chi connectivity index (χ4n) is 2.68. The predicted octanol–water partition coefficient (Wildman–Crippen LogP) is 3.14. The Morgan fingerprint density at radius 1 is 1.14 bits per heavy atom. The van der Waals surface area contributed by atoms with Gasteiger partial charge in [0, 0.05) is 6.92 Å². The fourth-order valence-corrected chi connectivity index (χ4v) is 3.65. The molecule has 1 heterocycles. The first-order chi connectivity index (χ1) is 13.3. The standard InChI is InChI=1S/C18H32NO8P/c1-7-10-22-18(21)19-16-13(5)12(4)15(11-23-14(6)20)26-17(16)27-28(24-8-2)25-9-3/h7,12-13,15-17H,1,8-11H2,2-6H3,(H,19,21)/t12-,13?,15+,16?,17?/m1/s1. The monoisotopic (exact) mass is 421 g/mol. The topological polar surface area (TPSA) is 102 Å². The van der Waals surface area contributed by atoms with Crippen LogP contribution in [0.5, 0.6) is 0 Å². The van der Waals surface area contributed by atoms with Crippen LogP contribution in [0.25, 0.3) is 0 Å². The number of hydrogen-bond donors (Lipinski definition) is 1. The molecule has 1 rings (SSSR count). The second-order valence-corrected chi connectivity index (χ2v) is 7.46. The minimum Gasteiger partial charge on any atom is -0.463 e. The average Bonchev–Trinajstić information content (AvgIpc) is 2.65. The molecule has 0 aromatic carbocycles. The van der Waals surface area contributed by atoms with Crippen LogP contribution in [0.15, 0.2) is 12.7 Å². The Morgan fingerprint density at radius 3 is 2.32 bits per heavy atom. The maximum absolute atomic E-state index is 12.1. The molecule has 10 heteroatoms. The predicted molar refractivity (Wildman–Crippen MR) is 103 cm³/mol. The van der Waals surface area contributed by atoms with Crippen LogP contribution in [0, 0.1) is 11.8 Å². The third-order valence-corrected chi connectivity index (χ3v) is 5.63. The SMILES string of the molecule is C=CCOC(=O)NC1C(OP(OCC)OCC)O[C@@H](COC(C)=O)[C@H](C)C1C. The summed E-state index contributed by atoms with van der Waals surface area (Å²) >= 11 is 0. The van der Waals surface area contributed by atoms with Crippen LogP contribution in [0.3, 0.4) is 0 Å². The van der Waals surface area contributed by atoms with Gasteiger partial charge in [0.2, 0.25) is 0 Å². The summed E-state index contributed by atoms with van der Waals surface area (Å²) in [7, 11) is -1.66. The van der Waals surface area contributed by atoms with E-state index in [2.05, 4.69) is 11.9 Å². The summed E-state index contributed by atoms with van der Waals surface area (Å²) in [5.41, 5.74) is 0. The molecule has 1 fully saturated rings. The first kappa shape index (κ1) is 24.8. The third-order valence-electron chi connectivity index (χ3n) is 4.31. The lowest BCUT2D eigenvalue weighted by Gasteiger charge is -2.44. The average molecular weight is 421 g/mol. The van der Waals surface area contributed by atoms with Gasteiger partial charge < -0.3 is 28.6 Å². The molecule has 0 radical (unpaired) electrons. The quantitative estimate of drug-likeness (QED) is 0.308. The van der Waals surface area contributed by atoms with Crippen molar-refractivity contribution >= 4 is 20.7 Å². The zero-order valence-corrected chi connectivity index (χ0v) is 18.1. The number of hydrogen-bond acceptors (Lipinski definition) is 8. The van der Waals surface area contributed by atoms with E-state index < -0.39 is 33.1 Å². The minimum absolute atomic E-state index is 0.0191. The van der Waals surface area contributed by atoms with Crippen molar-refractivity contribution in [1.29, 1.82) is 0 Å². The maximum atomic E-state index is 12.1. The van der Waals surface area contributed by atoms with E-state index in [1.807, 2.05) is 27.7 Å². The van der Waals surface area contributed by atoms with Crippen molar-refractivity contribution in [1.82, 2.24) is 5.32 Å². The number of nitrogens with one attached hydrogen (secondary N) is 1. The molecule has 28 heavy (non-hydrogen) atoms. The first-order valence-corrected chi connectivity index (χ1v) is 10.5. The van der Waals surface area contributed by atoms with Gasteiger partial charge in [-0.1, -0.05) is 26.5 Å². The van der Waals surface area contributed by atoms with Crippen molar-refractivity contribution in [3.05, 3.63) is 12.7 Å². The van der Waals surface area contributed by atoms with Gasteiger partial charge in [-0.3, -0.25) is 9.32 Å². The van der Waals surface area contributed by atoms with E-state index in [4.69, 9.17) is 27.8 Å². The lowest BCUT2D eigenvalue weighted by atomic mass is 9.82. The molecule has 0 aromatic rings. The molecule has 1 saturated heterocycles. The van der Waals surface area contributed by atoms with Crippen molar-refractivity contribution in [3.63, 3.8) is 0 Å². The van der Waals surface area contributed by atoms with Crippen LogP contribution in [-0.4, -0.2) is 56.9 Å². The Balaban J connectivity index is 2.94. The van der Waals surface area contributed by atoms with E-state index in [0.717, 1.165) is 0 Å². The summed E-state index contributed by atoms with van der Waals surface area (Å²) in [6, 6.07) is -0.508. The second-order valence-electron chi connectivity index (χ2n) is 6.29. The lowest BCUT2D eigenvalue weighted by Crippen LogP contribution is -2.58. The second kappa shape index (κ2) is 13.1. The van der Waals surface area contributed by atoms with E-state index in [1.165, 1.54) is 13.0 Å². The van der Waals surface area contributed by atoms with Gasteiger partial charge >= 0.3 is 20.7 Å². The zero-order chi connectivity index (χ0) is 21.1. The van der Waals surface area contributed by atoms with E-state index in [-0.39, 0.29) is 31.0 Å². The lowest BCUT2D eigenvalue weighted by molar-refractivity contribution is -0.214. The zero-order valence-electron chi connectivity index (χ0n) is 17.2. The summed E-state index contributed by atoms with van der Waals surface area (Å²) < 4.78 is 33.1. The Labute approximate surface area is 168 Å². The summed E-state index contributed by atoms with van der Waals surface area (Å²) in [6.07, 6.45) is -0.370. The molecule has 1 N–H and O–H groups in total. The maximum Gasteiger partial charge on any atom is 0.407 e. The molecule has 0 aliphatic carbocycles. The molecular formula is C18H32NO8P. The van der Waals surface area contributed by atoms with Crippen LogP contribution < -0.4 is 5.32 Å². The highest BCUT2D eigenvalue weighted by Gasteiger charge is 2.45. The van der Waals surface area contributed by atoms with Gasteiger partial charge in [0.1, 0.15) is 13.2 Å². The number of rotatable bonds is 11. The van der Waals surface area contributed by atoms with Gasteiger partial charge in [-0.15, -0.1) is 0 Å². The Hall–Kier alpha value is -1.25. The number of ether oxygens (including phenoxy) is 3. The molecule has 5 atom stereocenters. The molecule has 0 spiro atoms. The highest BCUT2D eigenvalue weighted by molar-refractivity contribution is 7.41. The molecule has 1 aliphatic heterocycles. The first-order valence-electron chi connectivity index (χ1n) is 9.39. The highest BCUT2D eigenvalue weighted by atomic mass is 31.2. The number of carbonyl (C=O) groups excluding carboxylic acids is 2. The van der Waals surface area contributed by atoms with Gasteiger partial charge in [0.05, 0.1) is 25.4 Å². The van der Waals surface area contributed by atoms with Crippen LogP contribution in [0.1, 0.15) is 34.6 Å². The Bertz CT molecular complexity index is 500. The number of esters is 1. The molecule has 162 valence electrons. The van der Waals surface area contributed by atoms with Crippen LogP contribution in [0.2, 0.25) is 0 Å². The third kappa shape index (κ3) is 8.01. The smallest absolute Gasteiger partial charge is 0.407 e. The summed E-state index contributed by atoms with van der Waals surface area (Å²) in [4.78, 5) is 23.3. The van der Waals surface area contributed by atoms with Gasteiger partial charge in [-0.2, -0.15) is 0 Å². The number of amides is 1. The van der Waals surface area contributed by atoms with Crippen molar-refractivity contribution in [2.24, 2.45) is 11.8 Å². The number of carbonyl (C=O) groups is 2. The van der Waals surface area contributed by atoms with Crippen molar-refractivity contribution in [2.75, 3.05) is 26.4 Å². The van der Waals surface area contributed by atoms with Gasteiger partial charge in [0.25, 0.3) is 0 Å². The molecule has 9 nitrogen and oxygen atoms in total. The summed E-state index contributed by atoms with van der Waals surface area (Å²) in [6.45, 7) is 13.4. The normalized spacial score (nSPS) is 27.3. The van der Waals surface area contributed by atoms with Crippen molar-refractivity contribution in [3.8, 4) is 0 Å². The number of alkyl carbamates (subject to hydrolysis) is 1. The Kier molecular flexibility index (Phi) is 11.6. The molecule has 3 unspecified atom stereocenters. The van der Waals surface area contributed by atoms with Crippen LogP contribution in [-0.2, 0) is 32.6 Å². The highest BCUT2D eigenvalue weighted by Crippen LogP contribution is 2.44. The molecule has 1 amide bonds. The fraction of sp³-hybridized carbons (Fsp3) is 0.778. The van der Waals surface area contributed by atoms with Gasteiger partial charge in [0.15, 0.2) is 6.29 Å². The van der Waals surface area contributed by atoms with Gasteiger partial charge in [-0.05, 0) is 25.7 Å². The van der Waals surface area contributed by atoms with E-state index in [1.54, 1.807) is 0 Å². The summed E-state index contributed by atoms with van der Waals surface area (Å²) in [5.74, 6) is -0.468. The van der Waals surface area contributed by atoms with E-state index >= 15 is 0 Å². The molecule has 0 aromatic heterocycles. The molecule has 0 saturated carbocycles. The van der Waals surface area contributed by atoms with Crippen molar-refractivity contribution in [2.45, 2.75) is 53.1 Å².